The molecule has 3 aromatic carbocycles. The van der Waals surface area contributed by atoms with Gasteiger partial charge in [-0.1, -0.05) is 79.7 Å². The topological polar surface area (TPSA) is 96.2 Å². The SMILES string of the molecule is CCOP(=O)(CO[C@H](CC)Cc1ccc2c(NC(c3ccccc3)(c3ccccc3)c3ccc(OC)cc3)ncnn12)OCC. The highest BCUT2D eigenvalue weighted by molar-refractivity contribution is 7.53. The van der Waals surface area contributed by atoms with Gasteiger partial charge in [0.1, 0.15) is 29.5 Å². The molecule has 0 saturated heterocycles. The Morgan fingerprint density at radius 2 is 1.42 bits per heavy atom. The van der Waals surface area contributed by atoms with Crippen molar-refractivity contribution in [3.8, 4) is 5.75 Å². The lowest BCUT2D eigenvalue weighted by atomic mass is 9.77. The molecule has 0 saturated carbocycles. The molecule has 45 heavy (non-hydrogen) atoms. The van der Waals surface area contributed by atoms with E-state index in [4.69, 9.17) is 23.5 Å². The molecule has 0 aliphatic heterocycles. The van der Waals surface area contributed by atoms with Gasteiger partial charge in [-0.15, -0.1) is 0 Å². The molecule has 0 aliphatic carbocycles. The first-order chi connectivity index (χ1) is 22.0. The van der Waals surface area contributed by atoms with Gasteiger partial charge in [0.15, 0.2) is 5.82 Å². The highest BCUT2D eigenvalue weighted by Crippen LogP contribution is 2.48. The second kappa shape index (κ2) is 14.8. The molecule has 9 nitrogen and oxygen atoms in total. The van der Waals surface area contributed by atoms with Gasteiger partial charge in [-0.25, -0.2) is 9.50 Å². The summed E-state index contributed by atoms with van der Waals surface area (Å²) in [6.07, 6.45) is 2.52. The van der Waals surface area contributed by atoms with Gasteiger partial charge in [-0.3, -0.25) is 4.57 Å². The van der Waals surface area contributed by atoms with Gasteiger partial charge in [0, 0.05) is 12.1 Å². The standard InChI is InChI=1S/C35H41N4O5P/c1-5-31(42-26-45(40,43-6-2)44-7-3)24-30-20-23-33-34(36-25-37-39(30)33)38-35(27-14-10-8-11-15-27,28-16-12-9-13-17-28)29-18-21-32(41-4)22-19-29/h8-23,25,31H,5-7,24,26H2,1-4H3,(H,36,37,38)/t31-/m1/s1. The van der Waals surface area contributed by atoms with E-state index in [0.717, 1.165) is 33.7 Å². The number of benzene rings is 3. The minimum atomic E-state index is -3.32. The third-order valence-electron chi connectivity index (χ3n) is 7.79. The summed E-state index contributed by atoms with van der Waals surface area (Å²) in [7, 11) is -1.65. The van der Waals surface area contributed by atoms with Crippen LogP contribution in [0.3, 0.4) is 0 Å². The predicted molar refractivity (Wildman–Crippen MR) is 177 cm³/mol. The van der Waals surface area contributed by atoms with Crippen LogP contribution in [0.4, 0.5) is 5.82 Å². The number of ether oxygens (including phenoxy) is 2. The second-order valence-electron chi connectivity index (χ2n) is 10.5. The Kier molecular flexibility index (Phi) is 10.7. The van der Waals surface area contributed by atoms with Crippen molar-refractivity contribution in [2.75, 3.05) is 32.0 Å². The Hall–Kier alpha value is -4.01. The van der Waals surface area contributed by atoms with Crippen LogP contribution >= 0.6 is 7.60 Å². The van der Waals surface area contributed by atoms with Crippen molar-refractivity contribution in [2.24, 2.45) is 0 Å². The molecule has 0 amide bonds. The second-order valence-corrected chi connectivity index (χ2v) is 12.5. The van der Waals surface area contributed by atoms with Crippen molar-refractivity contribution >= 4 is 18.9 Å². The number of fused-ring (bicyclic) bond motifs is 1. The van der Waals surface area contributed by atoms with E-state index in [1.165, 1.54) is 0 Å². The van der Waals surface area contributed by atoms with Crippen LogP contribution in [0.25, 0.3) is 5.52 Å². The largest absolute Gasteiger partial charge is 0.497 e. The minimum absolute atomic E-state index is 0.100. The highest BCUT2D eigenvalue weighted by atomic mass is 31.2. The van der Waals surface area contributed by atoms with E-state index in [0.29, 0.717) is 18.7 Å². The molecule has 236 valence electrons. The molecule has 0 bridgehead atoms. The van der Waals surface area contributed by atoms with E-state index in [1.54, 1.807) is 27.3 Å². The quantitative estimate of drug-likeness (QED) is 0.0877. The van der Waals surface area contributed by atoms with E-state index < -0.39 is 13.1 Å². The number of nitrogens with one attached hydrogen (secondary N) is 1. The predicted octanol–water partition coefficient (Wildman–Crippen LogP) is 7.70. The summed E-state index contributed by atoms with van der Waals surface area (Å²) in [6.45, 7) is 6.20. The zero-order chi connectivity index (χ0) is 31.7. The summed E-state index contributed by atoms with van der Waals surface area (Å²) in [5, 5.41) is 8.48. The van der Waals surface area contributed by atoms with Crippen LogP contribution in [-0.2, 0) is 30.3 Å². The first kappa shape index (κ1) is 32.4. The number of hydrogen-bond acceptors (Lipinski definition) is 8. The Morgan fingerprint density at radius 1 is 0.822 bits per heavy atom. The normalized spacial score (nSPS) is 12.7. The van der Waals surface area contributed by atoms with Crippen LogP contribution in [0.5, 0.6) is 5.75 Å². The van der Waals surface area contributed by atoms with E-state index in [-0.39, 0.29) is 25.7 Å². The number of rotatable bonds is 16. The molecule has 0 fully saturated rings. The van der Waals surface area contributed by atoms with Crippen LogP contribution in [0.1, 0.15) is 49.6 Å². The number of anilines is 1. The Bertz CT molecular complexity index is 1650. The Balaban J connectivity index is 1.54. The smallest absolute Gasteiger partial charge is 0.356 e. The zero-order valence-electron chi connectivity index (χ0n) is 26.3. The Labute approximate surface area is 265 Å². The molecule has 10 heteroatoms. The molecule has 5 rings (SSSR count). The van der Waals surface area contributed by atoms with Crippen LogP contribution in [0.2, 0.25) is 0 Å². The van der Waals surface area contributed by atoms with E-state index >= 15 is 0 Å². The highest BCUT2D eigenvalue weighted by Gasteiger charge is 2.37. The molecular formula is C35H41N4O5P. The van der Waals surface area contributed by atoms with Crippen LogP contribution in [0, 0.1) is 0 Å². The average Bonchev–Trinajstić information content (AvgIpc) is 3.50. The van der Waals surface area contributed by atoms with Crippen molar-refractivity contribution in [1.29, 1.82) is 0 Å². The van der Waals surface area contributed by atoms with Gasteiger partial charge in [-0.2, -0.15) is 5.10 Å². The minimum Gasteiger partial charge on any atom is -0.497 e. The summed E-state index contributed by atoms with van der Waals surface area (Å²) in [4.78, 5) is 4.76. The summed E-state index contributed by atoms with van der Waals surface area (Å²) in [5.74, 6) is 1.45. The molecule has 2 heterocycles. The third-order valence-corrected chi connectivity index (χ3v) is 9.55. The lowest BCUT2D eigenvalue weighted by Gasteiger charge is -2.37. The van der Waals surface area contributed by atoms with Crippen molar-refractivity contribution in [2.45, 2.75) is 45.3 Å². The molecular weight excluding hydrogens is 587 g/mol. The first-order valence-corrected chi connectivity index (χ1v) is 17.0. The van der Waals surface area contributed by atoms with Gasteiger partial charge in [0.25, 0.3) is 0 Å². The summed E-state index contributed by atoms with van der Waals surface area (Å²) in [6, 6.07) is 32.9. The maximum Gasteiger partial charge on any atom is 0.356 e. The molecule has 0 radical (unpaired) electrons. The van der Waals surface area contributed by atoms with Crippen LogP contribution in [0.15, 0.2) is 103 Å². The van der Waals surface area contributed by atoms with Gasteiger partial charge in [0.05, 0.1) is 26.4 Å². The van der Waals surface area contributed by atoms with Crippen LogP contribution < -0.4 is 10.1 Å². The summed E-state index contributed by atoms with van der Waals surface area (Å²) in [5.41, 5.74) is 4.11. The molecule has 1 N–H and O–H groups in total. The molecule has 1 atom stereocenters. The van der Waals surface area contributed by atoms with E-state index in [2.05, 4.69) is 46.8 Å². The van der Waals surface area contributed by atoms with Crippen molar-refractivity contribution in [3.63, 3.8) is 0 Å². The lowest BCUT2D eigenvalue weighted by Crippen LogP contribution is -2.38. The Morgan fingerprint density at radius 3 is 1.98 bits per heavy atom. The number of methoxy groups -OCH3 is 1. The van der Waals surface area contributed by atoms with E-state index in [9.17, 15) is 4.57 Å². The maximum atomic E-state index is 13.0. The van der Waals surface area contributed by atoms with Gasteiger partial charge in [-0.05, 0) is 61.2 Å². The molecule has 0 spiro atoms. The number of nitrogens with zero attached hydrogens (tertiary/aromatic N) is 3. The van der Waals surface area contributed by atoms with Crippen molar-refractivity contribution in [3.05, 3.63) is 126 Å². The summed E-state index contributed by atoms with van der Waals surface area (Å²) < 4.78 is 37.3. The van der Waals surface area contributed by atoms with Crippen molar-refractivity contribution < 1.29 is 23.1 Å². The van der Waals surface area contributed by atoms with Gasteiger partial charge in [0.2, 0.25) is 0 Å². The van der Waals surface area contributed by atoms with Crippen molar-refractivity contribution in [1.82, 2.24) is 14.6 Å². The summed E-state index contributed by atoms with van der Waals surface area (Å²) >= 11 is 0. The number of aromatic nitrogens is 3. The molecule has 0 aliphatic rings. The number of hydrogen-bond donors (Lipinski definition) is 1. The third kappa shape index (κ3) is 7.13. The van der Waals surface area contributed by atoms with Crippen LogP contribution in [-0.4, -0.2) is 47.4 Å². The zero-order valence-corrected chi connectivity index (χ0v) is 27.2. The molecule has 5 aromatic rings. The average molecular weight is 629 g/mol. The lowest BCUT2D eigenvalue weighted by molar-refractivity contribution is 0.0628. The van der Waals surface area contributed by atoms with Gasteiger partial charge < -0.3 is 23.8 Å². The van der Waals surface area contributed by atoms with Gasteiger partial charge >= 0.3 is 7.60 Å². The molecule has 2 aromatic heterocycles. The van der Waals surface area contributed by atoms with E-state index in [1.807, 2.05) is 72.1 Å². The first-order valence-electron chi connectivity index (χ1n) is 15.3. The maximum absolute atomic E-state index is 13.0. The fourth-order valence-corrected chi connectivity index (χ4v) is 7.01. The fraction of sp³-hybridized carbons (Fsp3) is 0.314. The molecule has 0 unspecified atom stereocenters. The monoisotopic (exact) mass is 628 g/mol. The fourth-order valence-electron chi connectivity index (χ4n) is 5.61.